The maximum atomic E-state index is 12.7. The van der Waals surface area contributed by atoms with E-state index in [0.29, 0.717) is 0 Å². The smallest absolute Gasteiger partial charge is 0.329 e. The quantitative estimate of drug-likeness (QED) is 0.875. The monoisotopic (exact) mass is 296 g/mol. The second-order valence-electron chi connectivity index (χ2n) is 3.96. The Bertz CT molecular complexity index is 525. The summed E-state index contributed by atoms with van der Waals surface area (Å²) in [5.74, 6) is 0. The number of nitrogens with two attached hydrogens (primary N) is 1. The van der Waals surface area contributed by atoms with E-state index >= 15 is 0 Å². The fraction of sp³-hybridized carbons (Fsp3) is 0.455. The highest BCUT2D eigenvalue weighted by atomic mass is 32.2. The predicted molar refractivity (Wildman–Crippen MR) is 67.1 cm³/mol. The molecule has 0 heterocycles. The third-order valence-corrected chi connectivity index (χ3v) is 4.55. The summed E-state index contributed by atoms with van der Waals surface area (Å²) < 4.78 is 63.9. The van der Waals surface area contributed by atoms with Gasteiger partial charge in [-0.05, 0) is 18.6 Å². The summed E-state index contributed by atoms with van der Waals surface area (Å²) in [4.78, 5) is 0. The summed E-state index contributed by atoms with van der Waals surface area (Å²) in [5.41, 5.74) is 3.80. The first-order valence-corrected chi connectivity index (χ1v) is 7.15. The minimum atomic E-state index is -4.62. The van der Waals surface area contributed by atoms with E-state index in [0.717, 1.165) is 12.1 Å². The zero-order valence-electron chi connectivity index (χ0n) is 10.2. The summed E-state index contributed by atoms with van der Waals surface area (Å²) in [6.45, 7) is 1.45. The van der Waals surface area contributed by atoms with Crippen molar-refractivity contribution in [1.29, 1.82) is 0 Å². The van der Waals surface area contributed by atoms with Crippen LogP contribution in [0, 0.1) is 0 Å². The van der Waals surface area contributed by atoms with Crippen LogP contribution in [0.2, 0.25) is 0 Å². The summed E-state index contributed by atoms with van der Waals surface area (Å²) in [7, 11) is -3.93. The van der Waals surface area contributed by atoms with Crippen LogP contribution in [0.15, 0.2) is 24.3 Å². The molecule has 1 rings (SSSR count). The highest BCUT2D eigenvalue weighted by Crippen LogP contribution is 2.35. The maximum Gasteiger partial charge on any atom is 0.418 e. The minimum Gasteiger partial charge on any atom is -0.329 e. The van der Waals surface area contributed by atoms with E-state index < -0.39 is 32.7 Å². The van der Waals surface area contributed by atoms with Gasteiger partial charge in [-0.15, -0.1) is 0 Å². The number of benzene rings is 1. The van der Waals surface area contributed by atoms with Crippen LogP contribution in [0.3, 0.4) is 0 Å². The number of hydrogen-bond acceptors (Lipinski definition) is 3. The van der Waals surface area contributed by atoms with Gasteiger partial charge in [-0.2, -0.15) is 13.2 Å². The largest absolute Gasteiger partial charge is 0.418 e. The number of halogens is 3. The van der Waals surface area contributed by atoms with Crippen LogP contribution in [0.25, 0.3) is 0 Å². The average molecular weight is 296 g/mol. The zero-order valence-corrected chi connectivity index (χ0v) is 11.1. The molecule has 0 aromatic heterocycles. The van der Waals surface area contributed by atoms with Crippen molar-refractivity contribution in [2.45, 2.75) is 24.8 Å². The van der Waals surface area contributed by atoms with Gasteiger partial charge in [-0.25, -0.2) is 8.42 Å². The number of hydrogen-bond donors (Lipinski definition) is 2. The fourth-order valence-electron chi connectivity index (χ4n) is 1.57. The van der Waals surface area contributed by atoms with Gasteiger partial charge in [0, 0.05) is 6.54 Å². The molecule has 0 aliphatic heterocycles. The molecule has 0 saturated heterocycles. The Morgan fingerprint density at radius 3 is 2.37 bits per heavy atom. The van der Waals surface area contributed by atoms with E-state index in [-0.39, 0.29) is 13.0 Å². The van der Waals surface area contributed by atoms with E-state index in [4.69, 9.17) is 5.73 Å². The van der Waals surface area contributed by atoms with Gasteiger partial charge in [0.15, 0.2) is 0 Å². The summed E-state index contributed by atoms with van der Waals surface area (Å²) in [6.07, 6.45) is -4.40. The highest BCUT2D eigenvalue weighted by Gasteiger charge is 2.34. The molecule has 1 atom stereocenters. The first-order chi connectivity index (χ1) is 8.72. The van der Waals surface area contributed by atoms with Gasteiger partial charge in [0.25, 0.3) is 0 Å². The SMILES string of the molecule is CCC(CN)S(=O)(=O)Nc1ccccc1C(F)(F)F. The molecule has 0 saturated carbocycles. The fourth-order valence-corrected chi connectivity index (χ4v) is 2.91. The van der Waals surface area contributed by atoms with Crippen molar-refractivity contribution in [2.75, 3.05) is 11.3 Å². The van der Waals surface area contributed by atoms with E-state index in [9.17, 15) is 21.6 Å². The molecule has 0 fully saturated rings. The Morgan fingerprint density at radius 1 is 1.32 bits per heavy atom. The second-order valence-corrected chi connectivity index (χ2v) is 5.92. The number of para-hydroxylation sites is 1. The summed E-state index contributed by atoms with van der Waals surface area (Å²) >= 11 is 0. The standard InChI is InChI=1S/C11H15F3N2O2S/c1-2-8(7-15)19(17,18)16-10-6-4-3-5-9(10)11(12,13)14/h3-6,8,16H,2,7,15H2,1H3. The predicted octanol–water partition coefficient (Wildman–Crippen LogP) is 2.18. The van der Waals surface area contributed by atoms with Gasteiger partial charge in [0.05, 0.1) is 16.5 Å². The molecule has 4 nitrogen and oxygen atoms in total. The number of rotatable bonds is 5. The molecule has 3 N–H and O–H groups in total. The molecule has 0 bridgehead atoms. The first kappa shape index (κ1) is 15.8. The zero-order chi connectivity index (χ0) is 14.7. The molecule has 1 aromatic carbocycles. The Morgan fingerprint density at radius 2 is 1.89 bits per heavy atom. The molecule has 0 aliphatic carbocycles. The lowest BCUT2D eigenvalue weighted by molar-refractivity contribution is -0.136. The number of anilines is 1. The van der Waals surface area contributed by atoms with Crippen molar-refractivity contribution in [2.24, 2.45) is 5.73 Å². The van der Waals surface area contributed by atoms with E-state index in [1.54, 1.807) is 6.92 Å². The molecule has 0 amide bonds. The molecular weight excluding hydrogens is 281 g/mol. The Hall–Kier alpha value is -1.28. The average Bonchev–Trinajstić information content (AvgIpc) is 2.28. The van der Waals surface area contributed by atoms with E-state index in [2.05, 4.69) is 0 Å². The van der Waals surface area contributed by atoms with Crippen LogP contribution in [-0.2, 0) is 16.2 Å². The molecule has 0 spiro atoms. The van der Waals surface area contributed by atoms with Crippen LogP contribution >= 0.6 is 0 Å². The molecule has 8 heteroatoms. The summed E-state index contributed by atoms with van der Waals surface area (Å²) in [6, 6.07) is 4.42. The van der Waals surface area contributed by atoms with Gasteiger partial charge in [-0.3, -0.25) is 4.72 Å². The van der Waals surface area contributed by atoms with Crippen molar-refractivity contribution in [3.8, 4) is 0 Å². The molecule has 1 aromatic rings. The van der Waals surface area contributed by atoms with Gasteiger partial charge in [0.2, 0.25) is 10.0 Å². The van der Waals surface area contributed by atoms with E-state index in [1.807, 2.05) is 4.72 Å². The molecule has 19 heavy (non-hydrogen) atoms. The van der Waals surface area contributed by atoms with Crippen LogP contribution in [-0.4, -0.2) is 20.2 Å². The van der Waals surface area contributed by atoms with Crippen LogP contribution in [0.5, 0.6) is 0 Å². The lowest BCUT2D eigenvalue weighted by Crippen LogP contribution is -2.34. The van der Waals surface area contributed by atoms with Crippen molar-refractivity contribution in [3.63, 3.8) is 0 Å². The number of nitrogens with one attached hydrogen (secondary N) is 1. The van der Waals surface area contributed by atoms with Crippen LogP contribution in [0.1, 0.15) is 18.9 Å². The molecule has 108 valence electrons. The normalized spacial score (nSPS) is 14.2. The lowest BCUT2D eigenvalue weighted by Gasteiger charge is -2.18. The lowest BCUT2D eigenvalue weighted by atomic mass is 10.2. The molecular formula is C11H15F3N2O2S. The van der Waals surface area contributed by atoms with E-state index in [1.165, 1.54) is 12.1 Å². The minimum absolute atomic E-state index is 0.153. The first-order valence-electron chi connectivity index (χ1n) is 5.60. The van der Waals surface area contributed by atoms with Crippen molar-refractivity contribution >= 4 is 15.7 Å². The Kier molecular flexibility index (Phi) is 4.81. The topological polar surface area (TPSA) is 72.2 Å². The van der Waals surface area contributed by atoms with Gasteiger partial charge >= 0.3 is 6.18 Å². The maximum absolute atomic E-state index is 12.7. The molecule has 0 aliphatic rings. The Labute approximate surface area is 109 Å². The summed E-state index contributed by atoms with van der Waals surface area (Å²) in [5, 5.41) is -0.922. The highest BCUT2D eigenvalue weighted by molar-refractivity contribution is 7.93. The van der Waals surface area contributed by atoms with Crippen molar-refractivity contribution in [1.82, 2.24) is 0 Å². The second kappa shape index (κ2) is 5.79. The number of alkyl halides is 3. The molecule has 1 unspecified atom stereocenters. The molecule has 0 radical (unpaired) electrons. The van der Waals surface area contributed by atoms with Crippen LogP contribution < -0.4 is 10.5 Å². The van der Waals surface area contributed by atoms with Crippen molar-refractivity contribution < 1.29 is 21.6 Å². The van der Waals surface area contributed by atoms with Crippen LogP contribution in [0.4, 0.5) is 18.9 Å². The third kappa shape index (κ3) is 3.84. The Balaban J connectivity index is 3.14. The number of sulfonamides is 1. The van der Waals surface area contributed by atoms with Crippen molar-refractivity contribution in [3.05, 3.63) is 29.8 Å². The third-order valence-electron chi connectivity index (χ3n) is 2.64. The van der Waals surface area contributed by atoms with Gasteiger partial charge in [0.1, 0.15) is 0 Å². The van der Waals surface area contributed by atoms with Gasteiger partial charge < -0.3 is 5.73 Å². The van der Waals surface area contributed by atoms with Gasteiger partial charge in [-0.1, -0.05) is 19.1 Å².